The molecule has 0 bridgehead atoms. The van der Waals surface area contributed by atoms with Crippen molar-refractivity contribution in [2.45, 2.75) is 33.0 Å². The molecule has 0 aromatic carbocycles. The molecule has 9 heteroatoms. The van der Waals surface area contributed by atoms with E-state index >= 15 is 0 Å². The van der Waals surface area contributed by atoms with Gasteiger partial charge >= 0.3 is 0 Å². The third-order valence-corrected chi connectivity index (χ3v) is 4.31. The fourth-order valence-electron chi connectivity index (χ4n) is 2.83. The molecule has 0 saturated carbocycles. The Labute approximate surface area is 157 Å². The quantitative estimate of drug-likeness (QED) is 0.796. The van der Waals surface area contributed by atoms with Gasteiger partial charge in [0.05, 0.1) is 19.5 Å². The maximum Gasteiger partial charge on any atom is 0.288 e. The van der Waals surface area contributed by atoms with Crippen molar-refractivity contribution < 1.29 is 13.6 Å². The van der Waals surface area contributed by atoms with Crippen LogP contribution in [0.5, 0.6) is 0 Å². The van der Waals surface area contributed by atoms with Crippen molar-refractivity contribution in [3.63, 3.8) is 0 Å². The Bertz CT molecular complexity index is 782. The number of nitrogens with one attached hydrogen (secondary N) is 1. The highest BCUT2D eigenvalue weighted by Gasteiger charge is 2.22. The van der Waals surface area contributed by atoms with Crippen molar-refractivity contribution >= 4 is 18.1 Å². The van der Waals surface area contributed by atoms with E-state index in [1.807, 2.05) is 20.8 Å². The minimum absolute atomic E-state index is 0.0627. The average Bonchev–Trinajstić information content (AvgIpc) is 3.18. The van der Waals surface area contributed by atoms with Crippen LogP contribution in [0.2, 0.25) is 0 Å². The predicted octanol–water partition coefficient (Wildman–Crippen LogP) is 1.96. The lowest BCUT2D eigenvalue weighted by Gasteiger charge is -2.34. The highest BCUT2D eigenvalue weighted by atomic mass is 32.1. The van der Waals surface area contributed by atoms with Crippen molar-refractivity contribution in [1.82, 2.24) is 24.9 Å². The van der Waals surface area contributed by atoms with Crippen molar-refractivity contribution in [3.05, 3.63) is 23.2 Å². The highest BCUT2D eigenvalue weighted by molar-refractivity contribution is 7.71. The first-order valence-electron chi connectivity index (χ1n) is 8.68. The molecule has 0 radical (unpaired) electrons. The topological polar surface area (TPSA) is 79.7 Å². The standard InChI is InChI=1S/C17H25N5O3S/c1-17(2,3)18-14(23)11-20-6-8-21(9-7-20)12-22-16(26)25-15(19-22)13-5-4-10-24-13/h4-5,10H,6-9,11-12H2,1-3H3,(H,18,23). The summed E-state index contributed by atoms with van der Waals surface area (Å²) in [5.74, 6) is 1.01. The zero-order chi connectivity index (χ0) is 18.7. The second-order valence-electron chi connectivity index (χ2n) is 7.48. The van der Waals surface area contributed by atoms with Crippen LogP contribution in [0.15, 0.2) is 27.2 Å². The molecule has 1 amide bonds. The Morgan fingerprint density at radius 2 is 1.96 bits per heavy atom. The molecule has 26 heavy (non-hydrogen) atoms. The van der Waals surface area contributed by atoms with Crippen LogP contribution in [-0.4, -0.2) is 63.8 Å². The van der Waals surface area contributed by atoms with Crippen molar-refractivity contribution in [2.24, 2.45) is 0 Å². The number of furan rings is 1. The van der Waals surface area contributed by atoms with Gasteiger partial charge in [-0.25, -0.2) is 4.68 Å². The largest absolute Gasteiger partial charge is 0.459 e. The first-order valence-corrected chi connectivity index (χ1v) is 9.08. The second-order valence-corrected chi connectivity index (χ2v) is 7.83. The van der Waals surface area contributed by atoms with Gasteiger partial charge in [0.15, 0.2) is 5.76 Å². The molecule has 3 rings (SSSR count). The Kier molecular flexibility index (Phi) is 5.59. The first kappa shape index (κ1) is 18.8. The summed E-state index contributed by atoms with van der Waals surface area (Å²) in [6.45, 7) is 10.3. The van der Waals surface area contributed by atoms with Crippen LogP contribution in [-0.2, 0) is 11.5 Å². The van der Waals surface area contributed by atoms with Crippen molar-refractivity contribution in [3.8, 4) is 11.7 Å². The van der Waals surface area contributed by atoms with Gasteiger partial charge in [0.1, 0.15) is 0 Å². The Morgan fingerprint density at radius 1 is 1.27 bits per heavy atom. The predicted molar refractivity (Wildman–Crippen MR) is 98.9 cm³/mol. The van der Waals surface area contributed by atoms with Gasteiger partial charge in [0, 0.05) is 31.7 Å². The number of piperazine rings is 1. The smallest absolute Gasteiger partial charge is 0.288 e. The Balaban J connectivity index is 1.50. The maximum absolute atomic E-state index is 12.0. The van der Waals surface area contributed by atoms with E-state index in [4.69, 9.17) is 21.1 Å². The lowest BCUT2D eigenvalue weighted by molar-refractivity contribution is -0.124. The molecule has 0 unspecified atom stereocenters. The highest BCUT2D eigenvalue weighted by Crippen LogP contribution is 2.18. The van der Waals surface area contributed by atoms with Crippen LogP contribution in [0.25, 0.3) is 11.7 Å². The SMILES string of the molecule is CC(C)(C)NC(=O)CN1CCN(Cn2nc(-c3ccco3)oc2=S)CC1. The first-order chi connectivity index (χ1) is 12.3. The molecule has 1 fully saturated rings. The Hall–Kier alpha value is -1.97. The van der Waals surface area contributed by atoms with Crippen LogP contribution < -0.4 is 5.32 Å². The van der Waals surface area contributed by atoms with Crippen molar-refractivity contribution in [1.29, 1.82) is 0 Å². The van der Waals surface area contributed by atoms with E-state index in [2.05, 4.69) is 20.2 Å². The summed E-state index contributed by atoms with van der Waals surface area (Å²) in [4.78, 5) is 16.8. The summed E-state index contributed by atoms with van der Waals surface area (Å²) < 4.78 is 12.5. The molecule has 3 heterocycles. The monoisotopic (exact) mass is 379 g/mol. The zero-order valence-electron chi connectivity index (χ0n) is 15.4. The number of aromatic nitrogens is 2. The molecule has 0 atom stereocenters. The fraction of sp³-hybridized carbons (Fsp3) is 0.588. The van der Waals surface area contributed by atoms with Gasteiger partial charge in [-0.15, -0.1) is 5.10 Å². The van der Waals surface area contributed by atoms with Gasteiger partial charge in [0.25, 0.3) is 10.7 Å². The molecule has 0 aliphatic carbocycles. The number of amides is 1. The third-order valence-electron chi connectivity index (χ3n) is 4.02. The number of hydrogen-bond donors (Lipinski definition) is 1. The summed E-state index contributed by atoms with van der Waals surface area (Å²) in [6, 6.07) is 3.56. The van der Waals surface area contributed by atoms with Gasteiger partial charge in [-0.3, -0.25) is 14.6 Å². The summed E-state index contributed by atoms with van der Waals surface area (Å²) in [5, 5.41) is 7.38. The normalized spacial score (nSPS) is 16.7. The zero-order valence-corrected chi connectivity index (χ0v) is 16.2. The molecule has 1 N–H and O–H groups in total. The van der Waals surface area contributed by atoms with Crippen molar-refractivity contribution in [2.75, 3.05) is 32.7 Å². The van der Waals surface area contributed by atoms with Gasteiger partial charge in [-0.2, -0.15) is 0 Å². The van der Waals surface area contributed by atoms with Gasteiger partial charge < -0.3 is 14.2 Å². The van der Waals surface area contributed by atoms with Gasteiger partial charge in [0.2, 0.25) is 5.91 Å². The molecule has 0 spiro atoms. The van der Waals surface area contributed by atoms with Gasteiger partial charge in [-0.1, -0.05) is 0 Å². The summed E-state index contributed by atoms with van der Waals surface area (Å²) in [5.41, 5.74) is -0.200. The molecular formula is C17H25N5O3S. The lowest BCUT2D eigenvalue weighted by Crippen LogP contribution is -2.51. The molecule has 1 aliphatic heterocycles. The van der Waals surface area contributed by atoms with Crippen LogP contribution >= 0.6 is 12.2 Å². The van der Waals surface area contributed by atoms with E-state index in [0.29, 0.717) is 29.7 Å². The molecular weight excluding hydrogens is 354 g/mol. The third kappa shape index (κ3) is 5.03. The molecule has 1 saturated heterocycles. The number of nitrogens with zero attached hydrogens (tertiary/aromatic N) is 4. The maximum atomic E-state index is 12.0. The summed E-state index contributed by atoms with van der Waals surface area (Å²) >= 11 is 5.25. The van der Waals surface area contributed by atoms with Gasteiger partial charge in [-0.05, 0) is 45.1 Å². The minimum atomic E-state index is -0.200. The molecule has 2 aromatic heterocycles. The van der Waals surface area contributed by atoms with E-state index in [1.165, 1.54) is 0 Å². The number of carbonyl (C=O) groups is 1. The minimum Gasteiger partial charge on any atom is -0.459 e. The molecule has 2 aromatic rings. The number of carbonyl (C=O) groups excluding carboxylic acids is 1. The number of hydrogen-bond acceptors (Lipinski definition) is 7. The van der Waals surface area contributed by atoms with E-state index in [9.17, 15) is 4.79 Å². The van der Waals surface area contributed by atoms with Crippen LogP contribution in [0.3, 0.4) is 0 Å². The van der Waals surface area contributed by atoms with E-state index in [-0.39, 0.29) is 11.4 Å². The van der Waals surface area contributed by atoms with E-state index < -0.39 is 0 Å². The second kappa shape index (κ2) is 7.73. The number of rotatable bonds is 5. The average molecular weight is 379 g/mol. The van der Waals surface area contributed by atoms with Crippen LogP contribution in [0, 0.1) is 4.84 Å². The molecule has 1 aliphatic rings. The Morgan fingerprint density at radius 3 is 2.58 bits per heavy atom. The van der Waals surface area contributed by atoms with Crippen LogP contribution in [0.4, 0.5) is 0 Å². The van der Waals surface area contributed by atoms with E-state index in [0.717, 1.165) is 26.2 Å². The lowest BCUT2D eigenvalue weighted by atomic mass is 10.1. The van der Waals surface area contributed by atoms with Crippen LogP contribution in [0.1, 0.15) is 20.8 Å². The summed E-state index contributed by atoms with van der Waals surface area (Å²) in [7, 11) is 0. The summed E-state index contributed by atoms with van der Waals surface area (Å²) in [6.07, 6.45) is 1.57. The fourth-order valence-corrected chi connectivity index (χ4v) is 3.01. The molecule has 8 nitrogen and oxygen atoms in total. The molecule has 142 valence electrons. The van der Waals surface area contributed by atoms with E-state index in [1.54, 1.807) is 23.1 Å².